The van der Waals surface area contributed by atoms with Crippen LogP contribution in [0.1, 0.15) is 52.4 Å². The van der Waals surface area contributed by atoms with Crippen molar-refractivity contribution in [3.05, 3.63) is 66.0 Å². The van der Waals surface area contributed by atoms with E-state index in [2.05, 4.69) is 15.3 Å². The van der Waals surface area contributed by atoms with Gasteiger partial charge in [-0.05, 0) is 49.1 Å². The molecule has 0 aliphatic heterocycles. The number of rotatable bonds is 6. The van der Waals surface area contributed by atoms with Crippen molar-refractivity contribution in [1.29, 1.82) is 0 Å². The molecular weight excluding hydrogens is 366 g/mol. The molecule has 0 atom stereocenters. The average Bonchev–Trinajstić information content (AvgIpc) is 3.40. The van der Waals surface area contributed by atoms with Crippen LogP contribution in [0.3, 0.4) is 0 Å². The van der Waals surface area contributed by atoms with Crippen LogP contribution >= 0.6 is 0 Å². The Morgan fingerprint density at radius 3 is 2.69 bits per heavy atom. The van der Waals surface area contributed by atoms with Gasteiger partial charge in [0.25, 0.3) is 11.8 Å². The Morgan fingerprint density at radius 1 is 1.17 bits per heavy atom. The van der Waals surface area contributed by atoms with Crippen LogP contribution in [0.25, 0.3) is 5.52 Å². The van der Waals surface area contributed by atoms with Crippen molar-refractivity contribution in [2.45, 2.75) is 38.1 Å². The maximum Gasteiger partial charge on any atom is 0.287 e. The smallest absolute Gasteiger partial charge is 0.287 e. The van der Waals surface area contributed by atoms with E-state index < -0.39 is 0 Å². The summed E-state index contributed by atoms with van der Waals surface area (Å²) in [6, 6.07) is 9.58. The zero-order chi connectivity index (χ0) is 20.2. The van der Waals surface area contributed by atoms with Crippen LogP contribution in [0.15, 0.2) is 48.9 Å². The highest BCUT2D eigenvalue weighted by molar-refractivity contribution is 6.02. The van der Waals surface area contributed by atoms with E-state index in [0.29, 0.717) is 17.8 Å². The zero-order valence-corrected chi connectivity index (χ0v) is 16.5. The summed E-state index contributed by atoms with van der Waals surface area (Å²) in [5.74, 6) is -0.155. The second-order valence-electron chi connectivity index (χ2n) is 7.53. The number of pyridine rings is 2. The van der Waals surface area contributed by atoms with Gasteiger partial charge in [-0.3, -0.25) is 19.0 Å². The average molecular weight is 391 g/mol. The first kappa shape index (κ1) is 19.1. The van der Waals surface area contributed by atoms with E-state index in [1.165, 1.54) is 0 Å². The molecule has 0 unspecified atom stereocenters. The fourth-order valence-electron chi connectivity index (χ4n) is 3.80. The maximum atomic E-state index is 13.1. The Labute approximate surface area is 169 Å². The van der Waals surface area contributed by atoms with Gasteiger partial charge in [0.15, 0.2) is 5.69 Å². The van der Waals surface area contributed by atoms with Gasteiger partial charge < -0.3 is 10.2 Å². The van der Waals surface area contributed by atoms with E-state index >= 15 is 0 Å². The molecule has 7 heteroatoms. The minimum Gasteiger partial charge on any atom is -0.347 e. The third-order valence-electron chi connectivity index (χ3n) is 5.48. The lowest BCUT2D eigenvalue weighted by Crippen LogP contribution is -2.34. The van der Waals surface area contributed by atoms with Gasteiger partial charge in [0.2, 0.25) is 5.82 Å². The second-order valence-corrected chi connectivity index (χ2v) is 7.53. The molecule has 1 saturated carbocycles. The number of imidazole rings is 1. The lowest BCUT2D eigenvalue weighted by Gasteiger charge is -2.16. The van der Waals surface area contributed by atoms with Crippen molar-refractivity contribution in [3.63, 3.8) is 0 Å². The van der Waals surface area contributed by atoms with Gasteiger partial charge in [-0.25, -0.2) is 4.98 Å². The molecule has 0 saturated heterocycles. The Hall–Kier alpha value is -3.22. The number of carbonyl (C=O) groups excluding carboxylic acids is 2. The molecule has 3 aromatic rings. The van der Waals surface area contributed by atoms with Gasteiger partial charge in [-0.15, -0.1) is 0 Å². The molecule has 150 valence electrons. The van der Waals surface area contributed by atoms with Crippen molar-refractivity contribution >= 4 is 17.3 Å². The van der Waals surface area contributed by atoms with Gasteiger partial charge in [-0.1, -0.05) is 18.9 Å². The molecule has 2 amide bonds. The third kappa shape index (κ3) is 4.13. The van der Waals surface area contributed by atoms with Crippen LogP contribution in [0.5, 0.6) is 0 Å². The van der Waals surface area contributed by atoms with Gasteiger partial charge in [-0.2, -0.15) is 0 Å². The first-order valence-electron chi connectivity index (χ1n) is 10.1. The van der Waals surface area contributed by atoms with Crippen LogP contribution in [-0.4, -0.2) is 50.7 Å². The Morgan fingerprint density at radius 2 is 1.93 bits per heavy atom. The number of fused-ring (bicyclic) bond motifs is 1. The predicted octanol–water partition coefficient (Wildman–Crippen LogP) is 2.72. The molecule has 0 aromatic carbocycles. The molecule has 1 N–H and O–H groups in total. The number of carbonyl (C=O) groups is 2. The van der Waals surface area contributed by atoms with Crippen molar-refractivity contribution in [1.82, 2.24) is 24.6 Å². The van der Waals surface area contributed by atoms with Crippen molar-refractivity contribution < 1.29 is 9.59 Å². The molecule has 0 bridgehead atoms. The minimum atomic E-state index is -0.225. The standard InChI is InChI=1S/C22H25N5O2/c1-26(15-11-16-9-12-23-13-10-16)22(29)19-18-8-4-5-14-27(18)20(25-19)21(28)24-17-6-2-3-7-17/h4-5,8-10,12-14,17H,2-3,6-7,11,15H2,1H3,(H,24,28). The molecule has 0 spiro atoms. The summed E-state index contributed by atoms with van der Waals surface area (Å²) in [5.41, 5.74) is 2.07. The molecule has 0 radical (unpaired) electrons. The van der Waals surface area contributed by atoms with E-state index in [1.807, 2.05) is 30.3 Å². The minimum absolute atomic E-state index is 0.192. The third-order valence-corrected chi connectivity index (χ3v) is 5.48. The Bertz CT molecular complexity index is 1010. The van der Waals surface area contributed by atoms with Crippen molar-refractivity contribution in [2.24, 2.45) is 0 Å². The van der Waals surface area contributed by atoms with Crippen LogP contribution < -0.4 is 5.32 Å². The number of hydrogen-bond donors (Lipinski definition) is 1. The number of likely N-dealkylation sites (N-methyl/N-ethyl adjacent to an activating group) is 1. The van der Waals surface area contributed by atoms with Crippen molar-refractivity contribution in [3.8, 4) is 0 Å². The summed E-state index contributed by atoms with van der Waals surface area (Å²) >= 11 is 0. The summed E-state index contributed by atoms with van der Waals surface area (Å²) in [5, 5.41) is 3.06. The van der Waals surface area contributed by atoms with Gasteiger partial charge >= 0.3 is 0 Å². The number of aromatic nitrogens is 3. The van der Waals surface area contributed by atoms with Gasteiger partial charge in [0.05, 0.1) is 5.52 Å². The predicted molar refractivity (Wildman–Crippen MR) is 110 cm³/mol. The fraction of sp³-hybridized carbons (Fsp3) is 0.364. The number of hydrogen-bond acceptors (Lipinski definition) is 4. The van der Waals surface area contributed by atoms with E-state index in [4.69, 9.17) is 0 Å². The van der Waals surface area contributed by atoms with Gasteiger partial charge in [0, 0.05) is 38.2 Å². The highest BCUT2D eigenvalue weighted by Gasteiger charge is 2.25. The molecule has 7 nitrogen and oxygen atoms in total. The van der Waals surface area contributed by atoms with Gasteiger partial charge in [0.1, 0.15) is 0 Å². The lowest BCUT2D eigenvalue weighted by atomic mass is 10.2. The maximum absolute atomic E-state index is 13.1. The molecule has 1 aliphatic carbocycles. The monoisotopic (exact) mass is 391 g/mol. The highest BCUT2D eigenvalue weighted by Crippen LogP contribution is 2.19. The summed E-state index contributed by atoms with van der Waals surface area (Å²) in [6.07, 6.45) is 10.3. The first-order valence-corrected chi connectivity index (χ1v) is 10.1. The van der Waals surface area contributed by atoms with Crippen molar-refractivity contribution in [2.75, 3.05) is 13.6 Å². The lowest BCUT2D eigenvalue weighted by molar-refractivity contribution is 0.0793. The van der Waals surface area contributed by atoms with E-state index in [0.717, 1.165) is 37.7 Å². The molecule has 29 heavy (non-hydrogen) atoms. The molecule has 1 fully saturated rings. The zero-order valence-electron chi connectivity index (χ0n) is 16.5. The van der Waals surface area contributed by atoms with E-state index in [1.54, 1.807) is 34.9 Å². The number of nitrogens with zero attached hydrogens (tertiary/aromatic N) is 4. The fourth-order valence-corrected chi connectivity index (χ4v) is 3.80. The largest absolute Gasteiger partial charge is 0.347 e. The topological polar surface area (TPSA) is 79.6 Å². The molecular formula is C22H25N5O2. The van der Waals surface area contributed by atoms with Crippen LogP contribution in [-0.2, 0) is 6.42 Å². The second kappa shape index (κ2) is 8.43. The van der Waals surface area contributed by atoms with E-state index in [-0.39, 0.29) is 23.7 Å². The normalized spacial score (nSPS) is 14.2. The Kier molecular flexibility index (Phi) is 5.55. The Balaban J connectivity index is 1.54. The number of amides is 2. The quantitative estimate of drug-likeness (QED) is 0.701. The van der Waals surface area contributed by atoms with E-state index in [9.17, 15) is 9.59 Å². The van der Waals surface area contributed by atoms with Crippen LogP contribution in [0.2, 0.25) is 0 Å². The molecule has 4 rings (SSSR count). The summed E-state index contributed by atoms with van der Waals surface area (Å²) in [4.78, 5) is 36.0. The molecule has 1 aliphatic rings. The summed E-state index contributed by atoms with van der Waals surface area (Å²) < 4.78 is 1.70. The van der Waals surface area contributed by atoms with Crippen LogP contribution in [0.4, 0.5) is 0 Å². The molecule has 3 aromatic heterocycles. The first-order chi connectivity index (χ1) is 14.1. The number of nitrogens with one attached hydrogen (secondary N) is 1. The summed E-state index contributed by atoms with van der Waals surface area (Å²) in [6.45, 7) is 0.554. The SMILES string of the molecule is CN(CCc1ccncc1)C(=O)c1nc(C(=O)NC2CCCC2)n2ccccc12. The van der Waals surface area contributed by atoms with Crippen LogP contribution in [0, 0.1) is 0 Å². The highest BCUT2D eigenvalue weighted by atomic mass is 16.2. The molecule has 3 heterocycles. The summed E-state index contributed by atoms with van der Waals surface area (Å²) in [7, 11) is 1.76.